The highest BCUT2D eigenvalue weighted by molar-refractivity contribution is 5.69. The van der Waals surface area contributed by atoms with Crippen molar-refractivity contribution >= 4 is 5.97 Å². The normalized spacial score (nSPS) is 21.7. The van der Waals surface area contributed by atoms with Gasteiger partial charge in [-0.15, -0.1) is 0 Å². The number of aromatic nitrogens is 1. The topological polar surface area (TPSA) is 57.5 Å². The first-order valence-electron chi connectivity index (χ1n) is 8.24. The van der Waals surface area contributed by atoms with Crippen LogP contribution in [0.15, 0.2) is 23.1 Å². The van der Waals surface area contributed by atoms with Crippen molar-refractivity contribution in [2.24, 2.45) is 11.3 Å². The zero-order valence-corrected chi connectivity index (χ0v) is 14.5. The smallest absolute Gasteiger partial charge is 0.326 e. The van der Waals surface area contributed by atoms with Gasteiger partial charge in [0.05, 0.1) is 7.11 Å². The predicted molar refractivity (Wildman–Crippen MR) is 88.5 cm³/mol. The highest BCUT2D eigenvalue weighted by Gasteiger charge is 2.31. The second-order valence-electron chi connectivity index (χ2n) is 7.34. The number of hydrogen-bond acceptors (Lipinski definition) is 4. The lowest BCUT2D eigenvalue weighted by molar-refractivity contribution is -0.152. The number of rotatable bonds is 4. The van der Waals surface area contributed by atoms with Gasteiger partial charge in [0, 0.05) is 6.20 Å². The number of esters is 1. The molecule has 1 saturated carbocycles. The molecule has 0 atom stereocenters. The van der Waals surface area contributed by atoms with Crippen LogP contribution in [0.2, 0.25) is 0 Å². The van der Waals surface area contributed by atoms with E-state index < -0.39 is 0 Å². The largest absolute Gasteiger partial charge is 0.491 e. The Labute approximate surface area is 137 Å². The van der Waals surface area contributed by atoms with Gasteiger partial charge in [0.15, 0.2) is 5.75 Å². The third kappa shape index (κ3) is 4.60. The Balaban J connectivity index is 1.88. The van der Waals surface area contributed by atoms with Gasteiger partial charge < -0.3 is 14.0 Å². The molecule has 1 fully saturated rings. The maximum atomic E-state index is 12.1. The molecule has 128 valence electrons. The minimum atomic E-state index is -0.362. The van der Waals surface area contributed by atoms with Gasteiger partial charge in [-0.1, -0.05) is 20.8 Å². The summed E-state index contributed by atoms with van der Waals surface area (Å²) in [4.78, 5) is 24.1. The van der Waals surface area contributed by atoms with Crippen molar-refractivity contribution in [1.82, 2.24) is 4.57 Å². The fourth-order valence-electron chi connectivity index (χ4n) is 3.20. The van der Waals surface area contributed by atoms with Crippen LogP contribution in [0.1, 0.15) is 46.5 Å². The second-order valence-corrected chi connectivity index (χ2v) is 7.34. The maximum Gasteiger partial charge on any atom is 0.326 e. The average molecular weight is 321 g/mol. The number of nitrogens with zero attached hydrogens (tertiary/aromatic N) is 1. The first kappa shape index (κ1) is 17.6. The highest BCUT2D eigenvalue weighted by Crippen LogP contribution is 2.38. The van der Waals surface area contributed by atoms with E-state index in [-0.39, 0.29) is 29.9 Å². The lowest BCUT2D eigenvalue weighted by Gasteiger charge is -2.36. The van der Waals surface area contributed by atoms with Crippen LogP contribution in [-0.4, -0.2) is 23.8 Å². The third-order valence-corrected chi connectivity index (χ3v) is 4.70. The Morgan fingerprint density at radius 3 is 2.48 bits per heavy atom. The van der Waals surface area contributed by atoms with Crippen LogP contribution in [0.5, 0.6) is 5.75 Å². The molecule has 0 amide bonds. The average Bonchev–Trinajstić information content (AvgIpc) is 2.49. The van der Waals surface area contributed by atoms with Crippen LogP contribution in [-0.2, 0) is 16.1 Å². The number of hydrogen-bond donors (Lipinski definition) is 0. The Hall–Kier alpha value is -1.78. The standard InChI is InChI=1S/C18H27NO4/c1-18(2,3)13-7-9-14(10-8-13)23-16(20)12-19-11-5-6-15(22-4)17(19)21/h5-6,11,13-14H,7-10,12H2,1-4H3. The molecule has 1 aliphatic carbocycles. The van der Waals surface area contributed by atoms with Crippen LogP contribution in [0.25, 0.3) is 0 Å². The van der Waals surface area contributed by atoms with Crippen LogP contribution in [0.3, 0.4) is 0 Å². The summed E-state index contributed by atoms with van der Waals surface area (Å²) in [6.45, 7) is 6.72. The zero-order valence-electron chi connectivity index (χ0n) is 14.5. The highest BCUT2D eigenvalue weighted by atomic mass is 16.5. The lowest BCUT2D eigenvalue weighted by atomic mass is 9.72. The molecule has 1 aliphatic rings. The van der Waals surface area contributed by atoms with E-state index >= 15 is 0 Å². The van der Waals surface area contributed by atoms with E-state index in [9.17, 15) is 9.59 Å². The molecule has 0 radical (unpaired) electrons. The SMILES string of the molecule is COc1cccn(CC(=O)OC2CCC(C(C)(C)C)CC2)c1=O. The number of carbonyl (C=O) groups is 1. The van der Waals surface area contributed by atoms with E-state index in [1.165, 1.54) is 11.7 Å². The van der Waals surface area contributed by atoms with Crippen molar-refractivity contribution in [3.63, 3.8) is 0 Å². The van der Waals surface area contributed by atoms with Crippen molar-refractivity contribution in [3.05, 3.63) is 28.7 Å². The van der Waals surface area contributed by atoms with E-state index in [2.05, 4.69) is 20.8 Å². The summed E-state index contributed by atoms with van der Waals surface area (Å²) in [7, 11) is 1.44. The van der Waals surface area contributed by atoms with Gasteiger partial charge in [-0.2, -0.15) is 0 Å². The first-order chi connectivity index (χ1) is 10.8. The molecule has 0 aromatic carbocycles. The van der Waals surface area contributed by atoms with Crippen molar-refractivity contribution < 1.29 is 14.3 Å². The van der Waals surface area contributed by atoms with E-state index in [1.54, 1.807) is 18.3 Å². The Bertz CT molecular complexity index is 592. The van der Waals surface area contributed by atoms with Gasteiger partial charge >= 0.3 is 5.97 Å². The molecule has 23 heavy (non-hydrogen) atoms. The minimum absolute atomic E-state index is 0.0255. The molecule has 0 spiro atoms. The van der Waals surface area contributed by atoms with E-state index in [0.717, 1.165) is 25.7 Å². The maximum absolute atomic E-state index is 12.1. The molecule has 1 aromatic heterocycles. The molecule has 1 aromatic rings. The quantitative estimate of drug-likeness (QED) is 0.800. The van der Waals surface area contributed by atoms with E-state index in [1.807, 2.05) is 0 Å². The third-order valence-electron chi connectivity index (χ3n) is 4.70. The summed E-state index contributed by atoms with van der Waals surface area (Å²) >= 11 is 0. The molecule has 0 bridgehead atoms. The molecule has 5 nitrogen and oxygen atoms in total. The fourth-order valence-corrected chi connectivity index (χ4v) is 3.20. The van der Waals surface area contributed by atoms with Gasteiger partial charge in [0.2, 0.25) is 0 Å². The summed E-state index contributed by atoms with van der Waals surface area (Å²) in [5.74, 6) is 0.545. The van der Waals surface area contributed by atoms with Gasteiger partial charge in [-0.25, -0.2) is 0 Å². The molecular formula is C18H27NO4. The zero-order chi connectivity index (χ0) is 17.0. The Morgan fingerprint density at radius 1 is 1.26 bits per heavy atom. The Morgan fingerprint density at radius 2 is 1.91 bits per heavy atom. The van der Waals surface area contributed by atoms with E-state index in [4.69, 9.17) is 9.47 Å². The summed E-state index contributed by atoms with van der Waals surface area (Å²) in [5, 5.41) is 0. The second kappa shape index (κ2) is 7.20. The van der Waals surface area contributed by atoms with Crippen molar-refractivity contribution in [3.8, 4) is 5.75 Å². The number of pyridine rings is 1. The molecule has 0 unspecified atom stereocenters. The molecule has 0 aliphatic heterocycles. The van der Waals surface area contributed by atoms with E-state index in [0.29, 0.717) is 11.3 Å². The van der Waals surface area contributed by atoms with Crippen LogP contribution >= 0.6 is 0 Å². The van der Waals surface area contributed by atoms with Crippen molar-refractivity contribution in [2.75, 3.05) is 7.11 Å². The Kier molecular flexibility index (Phi) is 5.50. The molecular weight excluding hydrogens is 294 g/mol. The first-order valence-corrected chi connectivity index (χ1v) is 8.24. The summed E-state index contributed by atoms with van der Waals surface area (Å²) in [5.41, 5.74) is -0.00789. The molecule has 5 heteroatoms. The van der Waals surface area contributed by atoms with Crippen LogP contribution in [0.4, 0.5) is 0 Å². The molecule has 1 heterocycles. The molecule has 2 rings (SSSR count). The number of methoxy groups -OCH3 is 1. The molecule has 0 saturated heterocycles. The van der Waals surface area contributed by atoms with Gasteiger partial charge in [0.25, 0.3) is 5.56 Å². The monoisotopic (exact) mass is 321 g/mol. The van der Waals surface area contributed by atoms with Gasteiger partial charge in [-0.05, 0) is 49.1 Å². The van der Waals surface area contributed by atoms with Gasteiger partial charge in [0.1, 0.15) is 12.6 Å². The van der Waals surface area contributed by atoms with Crippen molar-refractivity contribution in [2.45, 2.75) is 59.1 Å². The van der Waals surface area contributed by atoms with Crippen LogP contribution in [0, 0.1) is 11.3 Å². The number of ether oxygens (including phenoxy) is 2. The predicted octanol–water partition coefficient (Wildman–Crippen LogP) is 3.01. The lowest BCUT2D eigenvalue weighted by Crippen LogP contribution is -2.32. The number of carbonyl (C=O) groups excluding carboxylic acids is 1. The van der Waals surface area contributed by atoms with Crippen LogP contribution < -0.4 is 10.3 Å². The van der Waals surface area contributed by atoms with Crippen molar-refractivity contribution in [1.29, 1.82) is 0 Å². The fraction of sp³-hybridized carbons (Fsp3) is 0.667. The minimum Gasteiger partial charge on any atom is -0.491 e. The summed E-state index contributed by atoms with van der Waals surface area (Å²) < 4.78 is 11.8. The molecule has 0 N–H and O–H groups in total. The summed E-state index contributed by atoms with van der Waals surface area (Å²) in [6.07, 6.45) is 5.52. The summed E-state index contributed by atoms with van der Waals surface area (Å²) in [6, 6.07) is 3.26. The van der Waals surface area contributed by atoms with Gasteiger partial charge in [-0.3, -0.25) is 9.59 Å².